The Morgan fingerprint density at radius 2 is 1.56 bits per heavy atom. The van der Waals surface area contributed by atoms with Crippen LogP contribution in [0.4, 0.5) is 20.2 Å². The quantitative estimate of drug-likeness (QED) is 0.226. The molecule has 1 atom stereocenters. The van der Waals surface area contributed by atoms with Crippen molar-refractivity contribution in [1.29, 1.82) is 0 Å². The third-order valence-corrected chi connectivity index (χ3v) is 10.9. The second kappa shape index (κ2) is 14.2. The van der Waals surface area contributed by atoms with Gasteiger partial charge in [0.1, 0.15) is 23.4 Å². The molecule has 0 spiro atoms. The molecule has 0 saturated carbocycles. The van der Waals surface area contributed by atoms with Crippen molar-refractivity contribution < 1.29 is 23.1 Å². The number of aryl methyl sites for hydroxylation is 1. The lowest BCUT2D eigenvalue weighted by Gasteiger charge is -2.41. The number of likely N-dealkylation sites (tertiary alicyclic amines) is 1. The number of hydrogen-bond donors (Lipinski definition) is 2. The van der Waals surface area contributed by atoms with Crippen LogP contribution in [0.1, 0.15) is 44.1 Å². The van der Waals surface area contributed by atoms with Crippen molar-refractivity contribution in [2.75, 3.05) is 43.5 Å². The molecule has 2 N–H and O–H groups in total. The summed E-state index contributed by atoms with van der Waals surface area (Å²) >= 11 is 0. The largest absolute Gasteiger partial charge is 0.496 e. The minimum Gasteiger partial charge on any atom is -0.496 e. The van der Waals surface area contributed by atoms with Crippen LogP contribution in [0.15, 0.2) is 65.6 Å². The highest BCUT2D eigenvalue weighted by molar-refractivity contribution is 6.01. The molecule has 2 amide bonds. The van der Waals surface area contributed by atoms with Crippen molar-refractivity contribution in [2.45, 2.75) is 51.1 Å². The molecule has 3 fully saturated rings. The van der Waals surface area contributed by atoms with Crippen molar-refractivity contribution in [1.82, 2.24) is 14.8 Å². The zero-order chi connectivity index (χ0) is 34.9. The Kier molecular flexibility index (Phi) is 9.59. The van der Waals surface area contributed by atoms with Gasteiger partial charge >= 0.3 is 0 Å². The smallest absolute Gasteiger partial charge is 0.258 e. The molecule has 4 heterocycles. The first-order chi connectivity index (χ1) is 24.2. The predicted molar refractivity (Wildman–Crippen MR) is 190 cm³/mol. The van der Waals surface area contributed by atoms with Crippen LogP contribution < -0.4 is 25.8 Å². The topological polar surface area (TPSA) is 95.9 Å². The molecule has 0 bridgehead atoms. The number of aromatic nitrogens is 1. The molecule has 0 radical (unpaired) electrons. The number of ether oxygens (including phenoxy) is 1. The fourth-order valence-electron chi connectivity index (χ4n) is 8.01. The number of nitrogens with one attached hydrogen (secondary N) is 2. The Morgan fingerprint density at radius 3 is 2.24 bits per heavy atom. The highest BCUT2D eigenvalue weighted by Gasteiger charge is 2.31. The first-order valence-corrected chi connectivity index (χ1v) is 17.5. The van der Waals surface area contributed by atoms with Crippen molar-refractivity contribution in [3.05, 3.63) is 88.3 Å². The molecular formula is C39H43F2N5O4. The Bertz CT molecular complexity index is 1960. The van der Waals surface area contributed by atoms with Crippen LogP contribution in [0.25, 0.3) is 21.9 Å². The maximum absolute atomic E-state index is 15.8. The van der Waals surface area contributed by atoms with Gasteiger partial charge in [0.15, 0.2) is 0 Å². The number of anilines is 2. The summed E-state index contributed by atoms with van der Waals surface area (Å²) in [5.41, 5.74) is 3.39. The van der Waals surface area contributed by atoms with E-state index in [0.717, 1.165) is 57.5 Å². The second-order valence-electron chi connectivity index (χ2n) is 13.9. The normalized spacial score (nSPS) is 19.5. The van der Waals surface area contributed by atoms with Crippen LogP contribution in [0.2, 0.25) is 0 Å². The summed E-state index contributed by atoms with van der Waals surface area (Å²) in [4.78, 5) is 40.9. The average molecular weight is 684 g/mol. The fraction of sp³-hybridized carbons (Fsp3) is 0.410. The molecule has 3 aromatic carbocycles. The van der Waals surface area contributed by atoms with Crippen molar-refractivity contribution in [3.63, 3.8) is 0 Å². The molecule has 0 aliphatic carbocycles. The first kappa shape index (κ1) is 33.7. The van der Waals surface area contributed by atoms with E-state index in [4.69, 9.17) is 4.74 Å². The second-order valence-corrected chi connectivity index (χ2v) is 13.9. The van der Waals surface area contributed by atoms with Gasteiger partial charge in [-0.1, -0.05) is 0 Å². The molecule has 1 unspecified atom stereocenters. The molecule has 11 heteroatoms. The third-order valence-electron chi connectivity index (χ3n) is 10.9. The van der Waals surface area contributed by atoms with Gasteiger partial charge in [-0.3, -0.25) is 24.6 Å². The number of pyridine rings is 1. The highest BCUT2D eigenvalue weighted by Crippen LogP contribution is 2.37. The third kappa shape index (κ3) is 6.96. The van der Waals surface area contributed by atoms with Gasteiger partial charge in [-0.15, -0.1) is 0 Å². The van der Waals surface area contributed by atoms with Crippen LogP contribution in [-0.4, -0.2) is 60.6 Å². The molecule has 7 rings (SSSR count). The molecule has 1 aromatic heterocycles. The first-order valence-electron chi connectivity index (χ1n) is 17.5. The van der Waals surface area contributed by atoms with E-state index in [1.54, 1.807) is 19.3 Å². The Labute approximate surface area is 290 Å². The van der Waals surface area contributed by atoms with E-state index < -0.39 is 11.9 Å². The van der Waals surface area contributed by atoms with Gasteiger partial charge in [0.05, 0.1) is 7.11 Å². The molecular weight excluding hydrogens is 640 g/mol. The number of amides is 2. The Balaban J connectivity index is 0.938. The molecule has 3 saturated heterocycles. The number of fused-ring (bicyclic) bond motifs is 1. The van der Waals surface area contributed by atoms with Gasteiger partial charge in [0.2, 0.25) is 11.8 Å². The van der Waals surface area contributed by atoms with E-state index in [1.807, 2.05) is 12.1 Å². The number of carbonyl (C=O) groups excluding carboxylic acids is 2. The van der Waals surface area contributed by atoms with Crippen LogP contribution in [-0.2, 0) is 23.2 Å². The number of halogens is 2. The van der Waals surface area contributed by atoms with Crippen molar-refractivity contribution in [3.8, 4) is 16.9 Å². The van der Waals surface area contributed by atoms with E-state index in [0.29, 0.717) is 64.4 Å². The molecule has 50 heavy (non-hydrogen) atoms. The minimum absolute atomic E-state index is 0.217. The summed E-state index contributed by atoms with van der Waals surface area (Å²) in [6, 6.07) is 15.1. The van der Waals surface area contributed by atoms with Gasteiger partial charge in [-0.2, -0.15) is 0 Å². The summed E-state index contributed by atoms with van der Waals surface area (Å²) in [5.74, 6) is 0.408. The molecule has 3 aliphatic heterocycles. The predicted octanol–water partition coefficient (Wildman–Crippen LogP) is 5.84. The van der Waals surface area contributed by atoms with Crippen LogP contribution in [0, 0.1) is 23.5 Å². The molecule has 3 aliphatic rings. The lowest BCUT2D eigenvalue weighted by atomic mass is 9.78. The lowest BCUT2D eigenvalue weighted by Crippen LogP contribution is -2.47. The standard InChI is InChI=1S/C39H43F2N5O4/c1-44-22-32(31-21-27(40)3-8-30(31)39(44)49)26-19-34(41)33(36(20-26)50-2)23-45-15-11-24(12-16-45)25-13-17-46(18-14-25)29-6-4-28(5-7-29)42-35-9-10-37(47)43-38(35)48/h3-8,19-22,24-25,35,42H,9-18,23H2,1-2H3,(H,43,47,48). The lowest BCUT2D eigenvalue weighted by molar-refractivity contribution is -0.133. The fourth-order valence-corrected chi connectivity index (χ4v) is 8.01. The summed E-state index contributed by atoms with van der Waals surface area (Å²) < 4.78 is 37.1. The van der Waals surface area contributed by atoms with Crippen molar-refractivity contribution >= 4 is 34.0 Å². The minimum atomic E-state index is -0.460. The average Bonchev–Trinajstić information content (AvgIpc) is 3.12. The Morgan fingerprint density at radius 1 is 0.860 bits per heavy atom. The molecule has 262 valence electrons. The number of carbonyl (C=O) groups is 2. The SMILES string of the molecule is COc1cc(-c2cn(C)c(=O)c3ccc(F)cc23)cc(F)c1CN1CCC(C2CCN(c3ccc(NC4CCC(=O)NC4=O)cc3)CC2)CC1. The summed E-state index contributed by atoms with van der Waals surface area (Å²) in [7, 11) is 3.17. The monoisotopic (exact) mass is 683 g/mol. The number of piperidine rings is 3. The van der Waals surface area contributed by atoms with Gasteiger partial charge in [0, 0.05) is 67.2 Å². The number of benzene rings is 3. The Hall–Kier alpha value is -4.77. The zero-order valence-electron chi connectivity index (χ0n) is 28.5. The van der Waals surface area contributed by atoms with Crippen LogP contribution in [0.5, 0.6) is 5.75 Å². The summed E-state index contributed by atoms with van der Waals surface area (Å²) in [6.45, 7) is 4.22. The van der Waals surface area contributed by atoms with E-state index in [-0.39, 0.29) is 23.2 Å². The summed E-state index contributed by atoms with van der Waals surface area (Å²) in [6.07, 6.45) is 6.88. The van der Waals surface area contributed by atoms with E-state index in [2.05, 4.69) is 32.6 Å². The number of imide groups is 1. The van der Waals surface area contributed by atoms with Crippen molar-refractivity contribution in [2.24, 2.45) is 18.9 Å². The maximum atomic E-state index is 15.8. The van der Waals surface area contributed by atoms with Gasteiger partial charge < -0.3 is 19.5 Å². The van der Waals surface area contributed by atoms with E-state index in [9.17, 15) is 18.8 Å². The van der Waals surface area contributed by atoms with E-state index >= 15 is 4.39 Å². The number of nitrogens with zero attached hydrogens (tertiary/aromatic N) is 3. The number of rotatable bonds is 8. The highest BCUT2D eigenvalue weighted by atomic mass is 19.1. The maximum Gasteiger partial charge on any atom is 0.258 e. The zero-order valence-corrected chi connectivity index (χ0v) is 28.5. The van der Waals surface area contributed by atoms with Crippen LogP contribution in [0.3, 0.4) is 0 Å². The number of hydrogen-bond acceptors (Lipinski definition) is 7. The molecule has 4 aromatic rings. The number of methoxy groups -OCH3 is 1. The summed E-state index contributed by atoms with van der Waals surface area (Å²) in [5, 5.41) is 6.45. The van der Waals surface area contributed by atoms with Gasteiger partial charge in [-0.25, -0.2) is 8.78 Å². The van der Waals surface area contributed by atoms with Crippen LogP contribution >= 0.6 is 0 Å². The van der Waals surface area contributed by atoms with E-state index in [1.165, 1.54) is 41.6 Å². The molecule has 9 nitrogen and oxygen atoms in total. The van der Waals surface area contributed by atoms with Gasteiger partial charge in [-0.05, 0) is 123 Å². The van der Waals surface area contributed by atoms with Gasteiger partial charge in [0.25, 0.3) is 5.56 Å².